The smallest absolute Gasteiger partial charge is 0.403 e. The van der Waals surface area contributed by atoms with Gasteiger partial charge in [0.15, 0.2) is 0 Å². The highest BCUT2D eigenvalue weighted by Gasteiger charge is 2.53. The molecule has 0 amide bonds. The van der Waals surface area contributed by atoms with Gasteiger partial charge in [-0.15, -0.1) is 0 Å². The second-order valence-corrected chi connectivity index (χ2v) is 5.23. The summed E-state index contributed by atoms with van der Waals surface area (Å²) in [4.78, 5) is 11.3. The van der Waals surface area contributed by atoms with Crippen LogP contribution in [0.2, 0.25) is 0 Å². The quantitative estimate of drug-likeness (QED) is 0.530. The van der Waals surface area contributed by atoms with Crippen molar-refractivity contribution in [2.45, 2.75) is 23.9 Å². The number of ether oxygens (including phenoxy) is 2. The number of carbonyl (C=O) groups is 1. The lowest BCUT2D eigenvalue weighted by Gasteiger charge is -2.23. The normalized spacial score (nSPS) is 22.8. The molecule has 112 valence electrons. The minimum Gasteiger partial charge on any atom is -0.461 e. The van der Waals surface area contributed by atoms with Gasteiger partial charge in [0, 0.05) is 0 Å². The first-order valence-corrected chi connectivity index (χ1v) is 6.57. The molecule has 0 radical (unpaired) electrons. The molecule has 19 heavy (non-hydrogen) atoms. The van der Waals surface area contributed by atoms with E-state index in [1.54, 1.807) is 0 Å². The van der Waals surface area contributed by atoms with E-state index in [9.17, 15) is 26.4 Å². The monoisotopic (exact) mass is 307 g/mol. The highest BCUT2D eigenvalue weighted by Crippen LogP contribution is 2.27. The molecule has 0 aliphatic carbocycles. The summed E-state index contributed by atoms with van der Waals surface area (Å²) in [6, 6.07) is -0.833. The number of halogens is 3. The van der Waals surface area contributed by atoms with E-state index in [0.29, 0.717) is 0 Å². The Morgan fingerprint density at radius 3 is 2.68 bits per heavy atom. The third kappa shape index (κ3) is 4.03. The summed E-state index contributed by atoms with van der Waals surface area (Å²) in [5.74, 6) is -1.00. The standard InChI is InChI=1S/C8H12F3NO6S/c9-6(8(10,11)19(14,15)16)3-18-7(13)5-1-2-17-4-12-5/h5-6,12H,1-4H2,(H,14,15,16). The van der Waals surface area contributed by atoms with Crippen LogP contribution in [0, 0.1) is 0 Å². The molecule has 0 spiro atoms. The van der Waals surface area contributed by atoms with Gasteiger partial charge >= 0.3 is 21.3 Å². The first-order valence-electron chi connectivity index (χ1n) is 5.13. The molecule has 0 aromatic carbocycles. The Morgan fingerprint density at radius 2 is 2.21 bits per heavy atom. The van der Waals surface area contributed by atoms with Crippen molar-refractivity contribution in [3.63, 3.8) is 0 Å². The molecule has 0 aromatic rings. The molecular weight excluding hydrogens is 295 g/mol. The van der Waals surface area contributed by atoms with Crippen LogP contribution in [0.1, 0.15) is 6.42 Å². The summed E-state index contributed by atoms with van der Waals surface area (Å²) >= 11 is 0. The van der Waals surface area contributed by atoms with Gasteiger partial charge in [0.05, 0.1) is 13.3 Å². The van der Waals surface area contributed by atoms with Crippen molar-refractivity contribution in [2.75, 3.05) is 19.9 Å². The minimum absolute atomic E-state index is 0.0556. The molecule has 1 heterocycles. The molecule has 0 bridgehead atoms. The van der Waals surface area contributed by atoms with Gasteiger partial charge < -0.3 is 9.47 Å². The zero-order valence-electron chi connectivity index (χ0n) is 9.51. The minimum atomic E-state index is -5.91. The number of alkyl halides is 3. The van der Waals surface area contributed by atoms with Gasteiger partial charge in [-0.25, -0.2) is 4.39 Å². The van der Waals surface area contributed by atoms with E-state index in [-0.39, 0.29) is 19.8 Å². The fraction of sp³-hybridized carbons (Fsp3) is 0.875. The molecule has 0 saturated carbocycles. The average molecular weight is 307 g/mol. The molecule has 7 nitrogen and oxygen atoms in total. The molecular formula is C8H12F3NO6S. The zero-order chi connectivity index (χ0) is 14.7. The van der Waals surface area contributed by atoms with Gasteiger partial charge in [-0.3, -0.25) is 14.7 Å². The van der Waals surface area contributed by atoms with E-state index in [2.05, 4.69) is 10.1 Å². The summed E-state index contributed by atoms with van der Waals surface area (Å²) < 4.78 is 76.2. The maximum atomic E-state index is 13.0. The second kappa shape index (κ2) is 6.03. The van der Waals surface area contributed by atoms with E-state index < -0.39 is 40.2 Å². The predicted molar refractivity (Wildman–Crippen MR) is 54.7 cm³/mol. The maximum Gasteiger partial charge on any atom is 0.403 e. The van der Waals surface area contributed by atoms with Crippen LogP contribution in [0.4, 0.5) is 13.2 Å². The zero-order valence-corrected chi connectivity index (χ0v) is 10.3. The number of hydrogen-bond acceptors (Lipinski definition) is 6. The summed E-state index contributed by atoms with van der Waals surface area (Å²) in [5.41, 5.74) is 0. The molecule has 11 heteroatoms. The van der Waals surface area contributed by atoms with Gasteiger partial charge in [0.25, 0.3) is 0 Å². The van der Waals surface area contributed by atoms with Gasteiger partial charge in [-0.05, 0) is 6.42 Å². The van der Waals surface area contributed by atoms with Crippen molar-refractivity contribution in [1.82, 2.24) is 5.32 Å². The summed E-state index contributed by atoms with van der Waals surface area (Å²) in [6.07, 6.45) is -3.14. The van der Waals surface area contributed by atoms with E-state index >= 15 is 0 Å². The van der Waals surface area contributed by atoms with E-state index in [1.807, 2.05) is 0 Å². The Hall–Kier alpha value is -0.910. The van der Waals surface area contributed by atoms with Crippen LogP contribution in [0.25, 0.3) is 0 Å². The Bertz CT molecular complexity index is 422. The molecule has 1 fully saturated rings. The van der Waals surface area contributed by atoms with Gasteiger partial charge in [-0.1, -0.05) is 0 Å². The molecule has 2 atom stereocenters. The third-order valence-electron chi connectivity index (χ3n) is 2.35. The second-order valence-electron chi connectivity index (χ2n) is 3.73. The number of rotatable bonds is 5. The number of hydrogen-bond donors (Lipinski definition) is 2. The Morgan fingerprint density at radius 1 is 1.58 bits per heavy atom. The van der Waals surface area contributed by atoms with Crippen LogP contribution in [0.5, 0.6) is 0 Å². The summed E-state index contributed by atoms with van der Waals surface area (Å²) in [5, 5.41) is -2.49. The average Bonchev–Trinajstić information content (AvgIpc) is 2.35. The predicted octanol–water partition coefficient (Wildman–Crippen LogP) is -0.316. The van der Waals surface area contributed by atoms with Gasteiger partial charge in [0.2, 0.25) is 6.17 Å². The molecule has 0 aromatic heterocycles. The van der Waals surface area contributed by atoms with Gasteiger partial charge in [0.1, 0.15) is 12.6 Å². The van der Waals surface area contributed by atoms with Crippen LogP contribution in [0.15, 0.2) is 0 Å². The SMILES string of the molecule is O=C(OCC(F)C(F)(F)S(=O)(=O)O)C1CCOCN1. The van der Waals surface area contributed by atoms with Gasteiger partial charge in [-0.2, -0.15) is 17.2 Å². The van der Waals surface area contributed by atoms with E-state index in [1.165, 1.54) is 0 Å². The maximum absolute atomic E-state index is 13.0. The van der Waals surface area contributed by atoms with Crippen LogP contribution in [-0.2, 0) is 24.4 Å². The fourth-order valence-corrected chi connectivity index (χ4v) is 1.64. The molecule has 2 N–H and O–H groups in total. The van der Waals surface area contributed by atoms with Crippen molar-refractivity contribution in [2.24, 2.45) is 0 Å². The van der Waals surface area contributed by atoms with Crippen molar-refractivity contribution < 1.29 is 40.4 Å². The van der Waals surface area contributed by atoms with Crippen LogP contribution in [0.3, 0.4) is 0 Å². The highest BCUT2D eigenvalue weighted by molar-refractivity contribution is 7.86. The molecule has 2 unspecified atom stereocenters. The number of esters is 1. The topological polar surface area (TPSA) is 102 Å². The number of nitrogens with one attached hydrogen (secondary N) is 1. The van der Waals surface area contributed by atoms with Crippen molar-refractivity contribution in [3.8, 4) is 0 Å². The summed E-state index contributed by atoms with van der Waals surface area (Å²) in [6.45, 7) is -1.18. The highest BCUT2D eigenvalue weighted by atomic mass is 32.2. The fourth-order valence-electron chi connectivity index (χ4n) is 1.25. The first-order chi connectivity index (χ1) is 8.66. The van der Waals surface area contributed by atoms with Crippen LogP contribution < -0.4 is 5.32 Å². The molecule has 1 aliphatic rings. The first kappa shape index (κ1) is 16.1. The lowest BCUT2D eigenvalue weighted by atomic mass is 10.2. The molecule has 1 saturated heterocycles. The number of carbonyl (C=O) groups excluding carboxylic acids is 1. The van der Waals surface area contributed by atoms with Crippen molar-refractivity contribution in [3.05, 3.63) is 0 Å². The van der Waals surface area contributed by atoms with Crippen molar-refractivity contribution in [1.29, 1.82) is 0 Å². The summed E-state index contributed by atoms with van der Waals surface area (Å²) in [7, 11) is -5.91. The molecule has 1 rings (SSSR count). The third-order valence-corrected chi connectivity index (χ3v) is 3.29. The lowest BCUT2D eigenvalue weighted by molar-refractivity contribution is -0.153. The van der Waals surface area contributed by atoms with Crippen LogP contribution in [-0.4, -0.2) is 56.4 Å². The Balaban J connectivity index is 2.50. The largest absolute Gasteiger partial charge is 0.461 e. The molecule has 1 aliphatic heterocycles. The van der Waals surface area contributed by atoms with E-state index in [4.69, 9.17) is 9.29 Å². The lowest BCUT2D eigenvalue weighted by Crippen LogP contribution is -2.46. The van der Waals surface area contributed by atoms with E-state index in [0.717, 1.165) is 0 Å². The van der Waals surface area contributed by atoms with Crippen molar-refractivity contribution >= 4 is 16.1 Å². The Kier molecular flexibility index (Phi) is 5.12. The Labute approximate surface area is 106 Å². The van der Waals surface area contributed by atoms with Crippen LogP contribution >= 0.6 is 0 Å².